The summed E-state index contributed by atoms with van der Waals surface area (Å²) in [7, 11) is 0. The van der Waals surface area contributed by atoms with Crippen molar-refractivity contribution in [3.8, 4) is 0 Å². The third-order valence-corrected chi connectivity index (χ3v) is 5.39. The number of nitrogens with one attached hydrogen (secondary N) is 1. The Morgan fingerprint density at radius 3 is 2.94 bits per heavy atom. The fourth-order valence-corrected chi connectivity index (χ4v) is 4.53. The Balaban J connectivity index is 2.02. The molecular formula is C14H25NO2S. The second-order valence-corrected chi connectivity index (χ2v) is 7.15. The Kier molecular flexibility index (Phi) is 4.40. The molecule has 2 saturated heterocycles. The average molecular weight is 271 g/mol. The van der Waals surface area contributed by atoms with E-state index in [0.29, 0.717) is 5.78 Å². The van der Waals surface area contributed by atoms with Gasteiger partial charge in [0.1, 0.15) is 0 Å². The lowest BCUT2D eigenvalue weighted by atomic mass is 9.78. The van der Waals surface area contributed by atoms with Crippen molar-refractivity contribution in [1.82, 2.24) is 5.32 Å². The lowest BCUT2D eigenvalue weighted by Crippen LogP contribution is -2.52. The van der Waals surface area contributed by atoms with E-state index in [4.69, 9.17) is 4.74 Å². The summed E-state index contributed by atoms with van der Waals surface area (Å²) in [6.07, 6.45) is 2.93. The molecule has 0 aromatic heterocycles. The van der Waals surface area contributed by atoms with Gasteiger partial charge in [-0.15, -0.1) is 0 Å². The third-order valence-electron chi connectivity index (χ3n) is 4.17. The van der Waals surface area contributed by atoms with Gasteiger partial charge in [-0.25, -0.2) is 0 Å². The van der Waals surface area contributed by atoms with Crippen LogP contribution in [0.25, 0.3) is 0 Å². The first-order valence-electron chi connectivity index (χ1n) is 7.00. The number of ketones is 1. The standard InChI is InChI=1S/C14H25NO2S/c1-4-15-13(2,3)12(16)11-5-7-17-14(9-11)6-8-18-10-14/h11,15H,4-10H2,1-3H3. The first kappa shape index (κ1) is 14.4. The summed E-state index contributed by atoms with van der Waals surface area (Å²) in [4.78, 5) is 12.6. The van der Waals surface area contributed by atoms with Crippen molar-refractivity contribution in [3.05, 3.63) is 0 Å². The summed E-state index contributed by atoms with van der Waals surface area (Å²) in [6, 6.07) is 0. The highest BCUT2D eigenvalue weighted by atomic mass is 32.2. The molecule has 0 aromatic rings. The molecular weight excluding hydrogens is 246 g/mol. The zero-order valence-corrected chi connectivity index (χ0v) is 12.6. The van der Waals surface area contributed by atoms with Gasteiger partial charge in [0.2, 0.25) is 0 Å². The van der Waals surface area contributed by atoms with Crippen molar-refractivity contribution in [1.29, 1.82) is 0 Å². The largest absolute Gasteiger partial charge is 0.374 e. The van der Waals surface area contributed by atoms with Crippen LogP contribution in [0.5, 0.6) is 0 Å². The summed E-state index contributed by atoms with van der Waals surface area (Å²) in [6.45, 7) is 7.64. The highest BCUT2D eigenvalue weighted by Crippen LogP contribution is 2.41. The number of rotatable bonds is 4. The SMILES string of the molecule is CCNC(C)(C)C(=O)C1CCOC2(CCSC2)C1. The van der Waals surface area contributed by atoms with Crippen LogP contribution in [-0.2, 0) is 9.53 Å². The highest BCUT2D eigenvalue weighted by molar-refractivity contribution is 7.99. The van der Waals surface area contributed by atoms with Crippen LogP contribution >= 0.6 is 11.8 Å². The minimum absolute atomic E-state index is 0.00549. The van der Waals surface area contributed by atoms with Gasteiger partial charge in [0.15, 0.2) is 5.78 Å². The van der Waals surface area contributed by atoms with Crippen molar-refractivity contribution in [2.45, 2.75) is 51.2 Å². The van der Waals surface area contributed by atoms with Crippen LogP contribution in [0.3, 0.4) is 0 Å². The maximum absolute atomic E-state index is 12.6. The molecule has 1 spiro atoms. The quantitative estimate of drug-likeness (QED) is 0.851. The molecule has 1 N–H and O–H groups in total. The first-order valence-corrected chi connectivity index (χ1v) is 8.16. The number of carbonyl (C=O) groups excluding carboxylic acids is 1. The zero-order chi connectivity index (χ0) is 13.2. The van der Waals surface area contributed by atoms with Crippen LogP contribution in [-0.4, -0.2) is 41.6 Å². The fraction of sp³-hybridized carbons (Fsp3) is 0.929. The maximum atomic E-state index is 12.6. The van der Waals surface area contributed by atoms with Crippen molar-refractivity contribution >= 4 is 17.5 Å². The van der Waals surface area contributed by atoms with E-state index in [2.05, 4.69) is 5.32 Å². The molecule has 2 atom stereocenters. The Hall–Kier alpha value is -0.0600. The van der Waals surface area contributed by atoms with Gasteiger partial charge in [-0.05, 0) is 45.4 Å². The first-order chi connectivity index (χ1) is 8.49. The van der Waals surface area contributed by atoms with Gasteiger partial charge in [-0.3, -0.25) is 4.79 Å². The van der Waals surface area contributed by atoms with Crippen LogP contribution in [0.1, 0.15) is 40.0 Å². The van der Waals surface area contributed by atoms with Crippen LogP contribution in [0.15, 0.2) is 0 Å². The Morgan fingerprint density at radius 1 is 1.56 bits per heavy atom. The normalized spacial score (nSPS) is 32.9. The molecule has 0 aromatic carbocycles. The summed E-state index contributed by atoms with van der Waals surface area (Å²) in [5.41, 5.74) is -0.394. The summed E-state index contributed by atoms with van der Waals surface area (Å²) in [5.74, 6) is 2.78. The van der Waals surface area contributed by atoms with E-state index in [1.54, 1.807) is 0 Å². The number of hydrogen-bond acceptors (Lipinski definition) is 4. The molecule has 2 aliphatic heterocycles. The lowest BCUT2D eigenvalue weighted by Gasteiger charge is -2.39. The zero-order valence-electron chi connectivity index (χ0n) is 11.8. The van der Waals surface area contributed by atoms with Crippen molar-refractivity contribution in [2.24, 2.45) is 5.92 Å². The van der Waals surface area contributed by atoms with Gasteiger partial charge in [-0.2, -0.15) is 11.8 Å². The molecule has 0 bridgehead atoms. The molecule has 2 unspecified atom stereocenters. The van der Waals surface area contributed by atoms with E-state index < -0.39 is 5.54 Å². The number of carbonyl (C=O) groups is 1. The van der Waals surface area contributed by atoms with Gasteiger partial charge < -0.3 is 10.1 Å². The molecule has 2 heterocycles. The van der Waals surface area contributed by atoms with E-state index in [9.17, 15) is 4.79 Å². The Bertz CT molecular complexity index is 311. The summed E-state index contributed by atoms with van der Waals surface area (Å²) >= 11 is 1.96. The van der Waals surface area contributed by atoms with Crippen molar-refractivity contribution < 1.29 is 9.53 Å². The van der Waals surface area contributed by atoms with Gasteiger partial charge in [0.25, 0.3) is 0 Å². The molecule has 18 heavy (non-hydrogen) atoms. The molecule has 4 heteroatoms. The van der Waals surface area contributed by atoms with Crippen molar-refractivity contribution in [2.75, 3.05) is 24.7 Å². The average Bonchev–Trinajstić information content (AvgIpc) is 2.76. The minimum atomic E-state index is -0.399. The summed E-state index contributed by atoms with van der Waals surface area (Å²) in [5, 5.41) is 3.30. The molecule has 0 radical (unpaired) electrons. The molecule has 0 aliphatic carbocycles. The van der Waals surface area contributed by atoms with E-state index in [1.807, 2.05) is 32.5 Å². The third kappa shape index (κ3) is 2.91. The highest BCUT2D eigenvalue weighted by Gasteiger charge is 2.44. The molecule has 0 amide bonds. The monoisotopic (exact) mass is 271 g/mol. The number of hydrogen-bond donors (Lipinski definition) is 1. The van der Waals surface area contributed by atoms with Gasteiger partial charge in [0, 0.05) is 18.3 Å². The smallest absolute Gasteiger partial charge is 0.155 e. The van der Waals surface area contributed by atoms with E-state index in [0.717, 1.165) is 38.2 Å². The van der Waals surface area contributed by atoms with Crippen molar-refractivity contribution in [3.63, 3.8) is 0 Å². The van der Waals surface area contributed by atoms with E-state index in [1.165, 1.54) is 5.75 Å². The predicted octanol–water partition coefficient (Wildman–Crippen LogP) is 2.25. The number of ether oxygens (including phenoxy) is 1. The Morgan fingerprint density at radius 2 is 2.33 bits per heavy atom. The van der Waals surface area contributed by atoms with Crippen LogP contribution in [0.4, 0.5) is 0 Å². The van der Waals surface area contributed by atoms with Gasteiger partial charge in [0.05, 0.1) is 11.1 Å². The molecule has 3 nitrogen and oxygen atoms in total. The van der Waals surface area contributed by atoms with Crippen LogP contribution < -0.4 is 5.32 Å². The lowest BCUT2D eigenvalue weighted by molar-refractivity contribution is -0.139. The van der Waals surface area contributed by atoms with Crippen LogP contribution in [0.2, 0.25) is 0 Å². The maximum Gasteiger partial charge on any atom is 0.155 e. The molecule has 2 aliphatic rings. The number of Topliss-reactive ketones (excluding diaryl/α,β-unsaturated/α-hetero) is 1. The van der Waals surface area contributed by atoms with Gasteiger partial charge >= 0.3 is 0 Å². The second-order valence-electron chi connectivity index (χ2n) is 6.04. The molecule has 2 fully saturated rings. The predicted molar refractivity (Wildman–Crippen MR) is 76.1 cm³/mol. The second kappa shape index (κ2) is 5.51. The topological polar surface area (TPSA) is 38.3 Å². The molecule has 2 rings (SSSR count). The van der Waals surface area contributed by atoms with E-state index >= 15 is 0 Å². The van der Waals surface area contributed by atoms with E-state index in [-0.39, 0.29) is 11.5 Å². The number of thioether (sulfide) groups is 1. The number of likely N-dealkylation sites (N-methyl/N-ethyl adjacent to an activating group) is 1. The van der Waals surface area contributed by atoms with Crippen LogP contribution in [0, 0.1) is 5.92 Å². The Labute approximate surface area is 114 Å². The molecule has 0 saturated carbocycles. The molecule has 104 valence electrons. The van der Waals surface area contributed by atoms with Gasteiger partial charge in [-0.1, -0.05) is 6.92 Å². The fourth-order valence-electron chi connectivity index (χ4n) is 3.15. The summed E-state index contributed by atoms with van der Waals surface area (Å²) < 4.78 is 5.99. The minimum Gasteiger partial charge on any atom is -0.374 e.